The van der Waals surface area contributed by atoms with Crippen molar-refractivity contribution in [1.82, 2.24) is 9.97 Å². The molecule has 0 atom stereocenters. The lowest BCUT2D eigenvalue weighted by molar-refractivity contribution is 0.332. The van der Waals surface area contributed by atoms with Gasteiger partial charge < -0.3 is 10.1 Å². The molecule has 0 aliphatic carbocycles. The second kappa shape index (κ2) is 6.38. The van der Waals surface area contributed by atoms with Crippen LogP contribution in [0, 0.1) is 13.8 Å². The monoisotopic (exact) mass is 277 g/mol. The SMILES string of the molecule is Cc1cccc(OCCNc2nc(Cl)ncc2C)c1. The molecule has 0 spiro atoms. The van der Waals surface area contributed by atoms with Crippen LogP contribution in [0.3, 0.4) is 0 Å². The van der Waals surface area contributed by atoms with E-state index in [1.54, 1.807) is 6.20 Å². The molecule has 5 heteroatoms. The fourth-order valence-corrected chi connectivity index (χ4v) is 1.78. The molecule has 19 heavy (non-hydrogen) atoms. The van der Waals surface area contributed by atoms with E-state index >= 15 is 0 Å². The fraction of sp³-hybridized carbons (Fsp3) is 0.286. The van der Waals surface area contributed by atoms with Crippen LogP contribution in [0.25, 0.3) is 0 Å². The zero-order valence-electron chi connectivity index (χ0n) is 11.0. The predicted molar refractivity (Wildman–Crippen MR) is 76.9 cm³/mol. The minimum atomic E-state index is 0.243. The zero-order chi connectivity index (χ0) is 13.7. The largest absolute Gasteiger partial charge is 0.492 e. The number of rotatable bonds is 5. The maximum atomic E-state index is 5.75. The minimum absolute atomic E-state index is 0.243. The number of aromatic nitrogens is 2. The number of nitrogens with zero attached hydrogens (tertiary/aromatic N) is 2. The van der Waals surface area contributed by atoms with E-state index in [1.165, 1.54) is 5.56 Å². The van der Waals surface area contributed by atoms with Gasteiger partial charge in [0.15, 0.2) is 0 Å². The van der Waals surface area contributed by atoms with Crippen LogP contribution in [0.15, 0.2) is 30.5 Å². The van der Waals surface area contributed by atoms with E-state index < -0.39 is 0 Å². The first-order valence-electron chi connectivity index (χ1n) is 6.07. The van der Waals surface area contributed by atoms with E-state index in [2.05, 4.69) is 15.3 Å². The molecule has 1 aromatic carbocycles. The van der Waals surface area contributed by atoms with Crippen molar-refractivity contribution in [2.75, 3.05) is 18.5 Å². The summed E-state index contributed by atoms with van der Waals surface area (Å²) in [6, 6.07) is 7.97. The van der Waals surface area contributed by atoms with Crippen LogP contribution in [0.5, 0.6) is 5.75 Å². The fourth-order valence-electron chi connectivity index (χ4n) is 1.64. The number of benzene rings is 1. The lowest BCUT2D eigenvalue weighted by Crippen LogP contribution is -2.13. The lowest BCUT2D eigenvalue weighted by atomic mass is 10.2. The van der Waals surface area contributed by atoms with Crippen LogP contribution in [-0.4, -0.2) is 23.1 Å². The van der Waals surface area contributed by atoms with Gasteiger partial charge in [0.1, 0.15) is 18.2 Å². The number of hydrogen-bond acceptors (Lipinski definition) is 4. The molecule has 0 aliphatic rings. The number of anilines is 1. The van der Waals surface area contributed by atoms with Gasteiger partial charge in [0.25, 0.3) is 0 Å². The third kappa shape index (κ3) is 4.10. The summed E-state index contributed by atoms with van der Waals surface area (Å²) in [5.41, 5.74) is 2.14. The van der Waals surface area contributed by atoms with Crippen molar-refractivity contribution in [3.05, 3.63) is 46.9 Å². The van der Waals surface area contributed by atoms with Crippen LogP contribution in [0.4, 0.5) is 5.82 Å². The van der Waals surface area contributed by atoms with Gasteiger partial charge in [0.05, 0.1) is 6.54 Å². The quantitative estimate of drug-likeness (QED) is 0.673. The summed E-state index contributed by atoms with van der Waals surface area (Å²) in [5.74, 6) is 1.62. The summed E-state index contributed by atoms with van der Waals surface area (Å²) in [4.78, 5) is 8.03. The summed E-state index contributed by atoms with van der Waals surface area (Å²) >= 11 is 5.75. The highest BCUT2D eigenvalue weighted by atomic mass is 35.5. The summed E-state index contributed by atoms with van der Waals surface area (Å²) in [7, 11) is 0. The highest BCUT2D eigenvalue weighted by Crippen LogP contribution is 2.13. The Bertz CT molecular complexity index is 560. The molecule has 0 saturated carbocycles. The standard InChI is InChI=1S/C14H16ClN3O/c1-10-4-3-5-12(8-10)19-7-6-16-13-11(2)9-17-14(15)18-13/h3-5,8-9H,6-7H2,1-2H3,(H,16,17,18). The van der Waals surface area contributed by atoms with E-state index in [0.29, 0.717) is 13.2 Å². The molecule has 0 fully saturated rings. The molecular formula is C14H16ClN3O. The average molecular weight is 278 g/mol. The van der Waals surface area contributed by atoms with Crippen LogP contribution in [0.1, 0.15) is 11.1 Å². The molecule has 1 heterocycles. The minimum Gasteiger partial charge on any atom is -0.492 e. The number of aryl methyl sites for hydroxylation is 2. The molecule has 100 valence electrons. The number of ether oxygens (including phenoxy) is 1. The molecule has 2 rings (SSSR count). The van der Waals surface area contributed by atoms with E-state index in [1.807, 2.05) is 38.1 Å². The Balaban J connectivity index is 1.82. The van der Waals surface area contributed by atoms with Crippen molar-refractivity contribution < 1.29 is 4.74 Å². The molecule has 2 aromatic rings. The van der Waals surface area contributed by atoms with Gasteiger partial charge in [-0.05, 0) is 43.1 Å². The first-order valence-corrected chi connectivity index (χ1v) is 6.45. The molecular weight excluding hydrogens is 262 g/mol. The Morgan fingerprint density at radius 2 is 2.16 bits per heavy atom. The van der Waals surface area contributed by atoms with E-state index in [4.69, 9.17) is 16.3 Å². The second-order valence-corrected chi connectivity index (χ2v) is 4.60. The maximum Gasteiger partial charge on any atom is 0.224 e. The highest BCUT2D eigenvalue weighted by molar-refractivity contribution is 6.28. The Hall–Kier alpha value is -1.81. The normalized spacial score (nSPS) is 10.3. The van der Waals surface area contributed by atoms with Gasteiger partial charge >= 0.3 is 0 Å². The summed E-state index contributed by atoms with van der Waals surface area (Å²) in [5, 5.41) is 3.42. The van der Waals surface area contributed by atoms with E-state index in [0.717, 1.165) is 17.1 Å². The Labute approximate surface area is 117 Å². The molecule has 0 bridgehead atoms. The van der Waals surface area contributed by atoms with Gasteiger partial charge in [-0.15, -0.1) is 0 Å². The Kier molecular flexibility index (Phi) is 4.58. The van der Waals surface area contributed by atoms with Gasteiger partial charge in [-0.25, -0.2) is 9.97 Å². The topological polar surface area (TPSA) is 47.0 Å². The van der Waals surface area contributed by atoms with Crippen LogP contribution in [-0.2, 0) is 0 Å². The van der Waals surface area contributed by atoms with Crippen molar-refractivity contribution in [2.45, 2.75) is 13.8 Å². The number of hydrogen-bond donors (Lipinski definition) is 1. The third-order valence-electron chi connectivity index (χ3n) is 2.60. The average Bonchev–Trinajstić information content (AvgIpc) is 2.39. The molecule has 0 amide bonds. The van der Waals surface area contributed by atoms with Crippen molar-refractivity contribution in [3.8, 4) is 5.75 Å². The van der Waals surface area contributed by atoms with Gasteiger partial charge in [0.2, 0.25) is 5.28 Å². The molecule has 0 saturated heterocycles. The lowest BCUT2D eigenvalue weighted by Gasteiger charge is -2.10. The number of halogens is 1. The van der Waals surface area contributed by atoms with Gasteiger partial charge in [-0.3, -0.25) is 0 Å². The highest BCUT2D eigenvalue weighted by Gasteiger charge is 2.01. The second-order valence-electron chi connectivity index (χ2n) is 4.26. The molecule has 1 aromatic heterocycles. The van der Waals surface area contributed by atoms with Crippen molar-refractivity contribution in [1.29, 1.82) is 0 Å². The molecule has 0 unspecified atom stereocenters. The van der Waals surface area contributed by atoms with E-state index in [-0.39, 0.29) is 5.28 Å². The van der Waals surface area contributed by atoms with Crippen LogP contribution < -0.4 is 10.1 Å². The maximum absolute atomic E-state index is 5.75. The van der Waals surface area contributed by atoms with Crippen molar-refractivity contribution in [3.63, 3.8) is 0 Å². The number of nitrogens with one attached hydrogen (secondary N) is 1. The molecule has 0 aliphatic heterocycles. The first kappa shape index (κ1) is 13.6. The van der Waals surface area contributed by atoms with Crippen LogP contribution >= 0.6 is 11.6 Å². The molecule has 4 nitrogen and oxygen atoms in total. The van der Waals surface area contributed by atoms with Gasteiger partial charge in [0, 0.05) is 11.8 Å². The van der Waals surface area contributed by atoms with Crippen molar-refractivity contribution in [2.24, 2.45) is 0 Å². The predicted octanol–water partition coefficient (Wildman–Crippen LogP) is 3.24. The first-order chi connectivity index (χ1) is 9.15. The third-order valence-corrected chi connectivity index (χ3v) is 2.78. The van der Waals surface area contributed by atoms with Gasteiger partial charge in [-0.1, -0.05) is 12.1 Å². The smallest absolute Gasteiger partial charge is 0.224 e. The summed E-state index contributed by atoms with van der Waals surface area (Å²) < 4.78 is 5.64. The van der Waals surface area contributed by atoms with E-state index in [9.17, 15) is 0 Å². The van der Waals surface area contributed by atoms with Crippen LogP contribution in [0.2, 0.25) is 5.28 Å². The summed E-state index contributed by atoms with van der Waals surface area (Å²) in [6.45, 7) is 5.18. The van der Waals surface area contributed by atoms with Gasteiger partial charge in [-0.2, -0.15) is 0 Å². The zero-order valence-corrected chi connectivity index (χ0v) is 11.7. The summed E-state index contributed by atoms with van der Waals surface area (Å²) in [6.07, 6.45) is 1.69. The Morgan fingerprint density at radius 1 is 1.32 bits per heavy atom. The molecule has 0 radical (unpaired) electrons. The van der Waals surface area contributed by atoms with Crippen molar-refractivity contribution >= 4 is 17.4 Å². The molecule has 1 N–H and O–H groups in total. The Morgan fingerprint density at radius 3 is 2.95 bits per heavy atom.